The molecule has 0 radical (unpaired) electrons. The van der Waals surface area contributed by atoms with Gasteiger partial charge in [0.05, 0.1) is 10.0 Å². The molecule has 0 nitrogen and oxygen atoms in total. The van der Waals surface area contributed by atoms with E-state index in [0.717, 1.165) is 12.0 Å². The normalized spacial score (nSPS) is 10.9. The van der Waals surface area contributed by atoms with E-state index < -0.39 is 5.82 Å². The van der Waals surface area contributed by atoms with Crippen molar-refractivity contribution in [2.45, 2.75) is 20.3 Å². The van der Waals surface area contributed by atoms with Crippen molar-refractivity contribution in [3.8, 4) is 0 Å². The van der Waals surface area contributed by atoms with Crippen LogP contribution in [0.25, 0.3) is 0 Å². The van der Waals surface area contributed by atoms with Gasteiger partial charge in [0, 0.05) is 0 Å². The number of hydrogen-bond donors (Lipinski definition) is 0. The molecule has 0 spiro atoms. The highest BCUT2D eigenvalue weighted by molar-refractivity contribution is 6.34. The third kappa shape index (κ3) is 2.85. The molecule has 1 aromatic rings. The largest absolute Gasteiger partial charge is 0.204 e. The lowest BCUT2D eigenvalue weighted by Gasteiger charge is -2.06. The highest BCUT2D eigenvalue weighted by Crippen LogP contribution is 2.25. The first kappa shape index (κ1) is 10.8. The smallest absolute Gasteiger partial charge is 0.160 e. The molecule has 0 aliphatic heterocycles. The molecule has 0 heterocycles. The molecule has 72 valence electrons. The van der Waals surface area contributed by atoms with E-state index >= 15 is 0 Å². The maximum absolute atomic E-state index is 13.0. The van der Waals surface area contributed by atoms with Gasteiger partial charge in [0.2, 0.25) is 0 Å². The number of benzene rings is 1. The van der Waals surface area contributed by atoms with E-state index in [1.54, 1.807) is 12.1 Å². The molecule has 0 aromatic heterocycles. The second kappa shape index (κ2) is 4.30. The van der Waals surface area contributed by atoms with Crippen LogP contribution in [0.5, 0.6) is 0 Å². The first-order valence-electron chi connectivity index (χ1n) is 4.14. The minimum atomic E-state index is -0.532. The summed E-state index contributed by atoms with van der Waals surface area (Å²) in [5.74, 6) is -0.0200. The maximum Gasteiger partial charge on any atom is 0.160 e. The van der Waals surface area contributed by atoms with Crippen LogP contribution in [0, 0.1) is 11.7 Å². The second-order valence-corrected chi connectivity index (χ2v) is 4.29. The average Bonchev–Trinajstić information content (AvgIpc) is 1.98. The predicted molar refractivity (Wildman–Crippen MR) is 55.0 cm³/mol. The third-order valence-electron chi connectivity index (χ3n) is 1.69. The van der Waals surface area contributed by atoms with Crippen LogP contribution in [0.2, 0.25) is 10.0 Å². The molecular weight excluding hydrogens is 210 g/mol. The van der Waals surface area contributed by atoms with Crippen LogP contribution in [-0.2, 0) is 6.42 Å². The first-order valence-corrected chi connectivity index (χ1v) is 4.89. The Balaban J connectivity index is 2.99. The molecular formula is C10H11Cl2F. The van der Waals surface area contributed by atoms with E-state index in [1.165, 1.54) is 0 Å². The fourth-order valence-electron chi connectivity index (χ4n) is 1.20. The Hall–Kier alpha value is -0.270. The van der Waals surface area contributed by atoms with E-state index in [4.69, 9.17) is 23.2 Å². The quantitative estimate of drug-likeness (QED) is 0.652. The van der Waals surface area contributed by atoms with Crippen molar-refractivity contribution in [3.05, 3.63) is 33.6 Å². The Morgan fingerprint density at radius 1 is 1.23 bits per heavy atom. The highest BCUT2D eigenvalue weighted by Gasteiger charge is 2.08. The monoisotopic (exact) mass is 220 g/mol. The van der Waals surface area contributed by atoms with Gasteiger partial charge in [-0.05, 0) is 30.0 Å². The van der Waals surface area contributed by atoms with Crippen molar-refractivity contribution < 1.29 is 4.39 Å². The van der Waals surface area contributed by atoms with Crippen molar-refractivity contribution in [2.24, 2.45) is 5.92 Å². The minimum Gasteiger partial charge on any atom is -0.204 e. The Bertz CT molecular complexity index is 285. The molecule has 1 aromatic carbocycles. The van der Waals surface area contributed by atoms with E-state index in [1.807, 2.05) is 0 Å². The second-order valence-electron chi connectivity index (χ2n) is 3.47. The summed E-state index contributed by atoms with van der Waals surface area (Å²) in [7, 11) is 0. The van der Waals surface area contributed by atoms with Crippen LogP contribution < -0.4 is 0 Å². The van der Waals surface area contributed by atoms with E-state index in [0.29, 0.717) is 5.92 Å². The van der Waals surface area contributed by atoms with E-state index in [2.05, 4.69) is 13.8 Å². The summed E-state index contributed by atoms with van der Waals surface area (Å²) >= 11 is 11.3. The third-order valence-corrected chi connectivity index (χ3v) is 2.24. The zero-order valence-electron chi connectivity index (χ0n) is 7.57. The van der Waals surface area contributed by atoms with Gasteiger partial charge in [0.15, 0.2) is 5.82 Å². The average molecular weight is 221 g/mol. The standard InChI is InChI=1S/C10H11Cl2F/c1-6(2)3-7-4-8(11)10(13)9(12)5-7/h4-6H,3H2,1-2H3. The lowest BCUT2D eigenvalue weighted by molar-refractivity contribution is 0.621. The van der Waals surface area contributed by atoms with Crippen molar-refractivity contribution in [1.29, 1.82) is 0 Å². The first-order chi connectivity index (χ1) is 6.00. The Kier molecular flexibility index (Phi) is 3.57. The maximum atomic E-state index is 13.0. The Labute approximate surface area is 87.7 Å². The number of rotatable bonds is 2. The van der Waals surface area contributed by atoms with Crippen LogP contribution in [-0.4, -0.2) is 0 Å². The molecule has 13 heavy (non-hydrogen) atoms. The highest BCUT2D eigenvalue weighted by atomic mass is 35.5. The van der Waals surface area contributed by atoms with E-state index in [9.17, 15) is 4.39 Å². The summed E-state index contributed by atoms with van der Waals surface area (Å²) in [5.41, 5.74) is 0.978. The Morgan fingerprint density at radius 2 is 1.69 bits per heavy atom. The summed E-state index contributed by atoms with van der Waals surface area (Å²) in [6.07, 6.45) is 0.861. The van der Waals surface area contributed by atoms with Gasteiger partial charge in [-0.3, -0.25) is 0 Å². The molecule has 0 saturated heterocycles. The van der Waals surface area contributed by atoms with Crippen LogP contribution in [0.3, 0.4) is 0 Å². The SMILES string of the molecule is CC(C)Cc1cc(Cl)c(F)c(Cl)c1. The summed E-state index contributed by atoms with van der Waals surface area (Å²) in [6, 6.07) is 3.26. The summed E-state index contributed by atoms with van der Waals surface area (Å²) in [4.78, 5) is 0. The fourth-order valence-corrected chi connectivity index (χ4v) is 1.73. The molecule has 0 amide bonds. The molecule has 0 unspecified atom stereocenters. The topological polar surface area (TPSA) is 0 Å². The van der Waals surface area contributed by atoms with Gasteiger partial charge in [-0.1, -0.05) is 37.0 Å². The fraction of sp³-hybridized carbons (Fsp3) is 0.400. The lowest BCUT2D eigenvalue weighted by Crippen LogP contribution is -1.95. The van der Waals surface area contributed by atoms with Gasteiger partial charge in [-0.2, -0.15) is 0 Å². The van der Waals surface area contributed by atoms with Crippen LogP contribution in [0.15, 0.2) is 12.1 Å². The van der Waals surface area contributed by atoms with Gasteiger partial charge in [-0.25, -0.2) is 4.39 Å². The minimum absolute atomic E-state index is 0.100. The van der Waals surface area contributed by atoms with Gasteiger partial charge in [0.1, 0.15) is 0 Å². The van der Waals surface area contributed by atoms with Gasteiger partial charge in [-0.15, -0.1) is 0 Å². The van der Waals surface area contributed by atoms with Gasteiger partial charge in [0.25, 0.3) is 0 Å². The van der Waals surface area contributed by atoms with Crippen molar-refractivity contribution in [2.75, 3.05) is 0 Å². The van der Waals surface area contributed by atoms with Gasteiger partial charge < -0.3 is 0 Å². The number of hydrogen-bond acceptors (Lipinski definition) is 0. The van der Waals surface area contributed by atoms with Crippen LogP contribution >= 0.6 is 23.2 Å². The Morgan fingerprint density at radius 3 is 2.08 bits per heavy atom. The lowest BCUT2D eigenvalue weighted by atomic mass is 10.0. The molecule has 0 fully saturated rings. The summed E-state index contributed by atoms with van der Waals surface area (Å²) in [5, 5.41) is 0.200. The van der Waals surface area contributed by atoms with Gasteiger partial charge >= 0.3 is 0 Å². The molecule has 3 heteroatoms. The zero-order valence-corrected chi connectivity index (χ0v) is 9.08. The van der Waals surface area contributed by atoms with Crippen molar-refractivity contribution >= 4 is 23.2 Å². The molecule has 0 N–H and O–H groups in total. The number of halogens is 3. The van der Waals surface area contributed by atoms with E-state index in [-0.39, 0.29) is 10.0 Å². The van der Waals surface area contributed by atoms with Crippen molar-refractivity contribution in [3.63, 3.8) is 0 Å². The molecule has 0 atom stereocenters. The van der Waals surface area contributed by atoms with Crippen LogP contribution in [0.1, 0.15) is 19.4 Å². The molecule has 0 aliphatic carbocycles. The summed E-state index contributed by atoms with van der Waals surface area (Å²) < 4.78 is 13.0. The molecule has 0 bridgehead atoms. The van der Waals surface area contributed by atoms with Crippen molar-refractivity contribution in [1.82, 2.24) is 0 Å². The predicted octanol–water partition coefficient (Wildman–Crippen LogP) is 4.33. The van der Waals surface area contributed by atoms with Crippen LogP contribution in [0.4, 0.5) is 4.39 Å². The zero-order chi connectivity index (χ0) is 10.0. The molecule has 1 rings (SSSR count). The summed E-state index contributed by atoms with van der Waals surface area (Å²) in [6.45, 7) is 4.18. The molecule has 0 saturated carbocycles. The molecule has 0 aliphatic rings.